The van der Waals surface area contributed by atoms with Gasteiger partial charge in [0, 0.05) is 30.3 Å². The molecular formula is C10H14ClNS. The summed E-state index contributed by atoms with van der Waals surface area (Å²) in [5.41, 5.74) is 1.37. The van der Waals surface area contributed by atoms with Crippen LogP contribution in [0.25, 0.3) is 0 Å². The van der Waals surface area contributed by atoms with Gasteiger partial charge in [0.15, 0.2) is 0 Å². The second-order valence-corrected chi connectivity index (χ2v) is 4.16. The maximum absolute atomic E-state index is 2.45. The molecular weight excluding hydrogens is 202 g/mol. The first kappa shape index (κ1) is 10.7. The predicted molar refractivity (Wildman–Crippen MR) is 63.2 cm³/mol. The average molecular weight is 216 g/mol. The Hall–Kier alpha value is -0.340. The number of rotatable bonds is 1. The van der Waals surface area contributed by atoms with E-state index in [1.165, 1.54) is 30.3 Å². The quantitative estimate of drug-likeness (QED) is 0.709. The van der Waals surface area contributed by atoms with Crippen molar-refractivity contribution < 1.29 is 0 Å². The van der Waals surface area contributed by atoms with Gasteiger partial charge in [-0.15, -0.1) is 12.4 Å². The predicted octanol–water partition coefficient (Wildman–Crippen LogP) is 2.66. The van der Waals surface area contributed by atoms with Crippen molar-refractivity contribution in [2.45, 2.75) is 0 Å². The lowest BCUT2D eigenvalue weighted by atomic mass is 10.3. The van der Waals surface area contributed by atoms with Gasteiger partial charge >= 0.3 is 0 Å². The van der Waals surface area contributed by atoms with Crippen LogP contribution in [0.5, 0.6) is 0 Å². The molecule has 0 aromatic heterocycles. The second-order valence-electron chi connectivity index (χ2n) is 2.93. The zero-order valence-corrected chi connectivity index (χ0v) is 9.11. The van der Waals surface area contributed by atoms with Gasteiger partial charge in [-0.2, -0.15) is 11.8 Å². The Bertz CT molecular complexity index is 234. The number of thioether (sulfide) groups is 1. The highest BCUT2D eigenvalue weighted by molar-refractivity contribution is 7.99. The summed E-state index contributed by atoms with van der Waals surface area (Å²) in [6, 6.07) is 10.7. The fourth-order valence-electron chi connectivity index (χ4n) is 1.46. The first-order chi connectivity index (χ1) is 5.97. The Morgan fingerprint density at radius 3 is 2.23 bits per heavy atom. The summed E-state index contributed by atoms with van der Waals surface area (Å²) in [4.78, 5) is 2.45. The van der Waals surface area contributed by atoms with Crippen LogP contribution in [0.2, 0.25) is 0 Å². The number of para-hydroxylation sites is 1. The number of anilines is 1. The molecule has 0 saturated carbocycles. The highest BCUT2D eigenvalue weighted by atomic mass is 35.5. The number of hydrogen-bond donors (Lipinski definition) is 0. The minimum atomic E-state index is 0. The molecule has 0 unspecified atom stereocenters. The SMILES string of the molecule is Cl.c1ccc(N2CCSCC2)cc1. The van der Waals surface area contributed by atoms with E-state index in [0.29, 0.717) is 0 Å². The number of halogens is 1. The van der Waals surface area contributed by atoms with Crippen molar-refractivity contribution >= 4 is 29.9 Å². The maximum atomic E-state index is 2.45. The van der Waals surface area contributed by atoms with Gasteiger partial charge in [-0.3, -0.25) is 0 Å². The minimum Gasteiger partial charge on any atom is -0.370 e. The number of nitrogens with zero attached hydrogens (tertiary/aromatic N) is 1. The zero-order chi connectivity index (χ0) is 8.23. The maximum Gasteiger partial charge on any atom is 0.0366 e. The smallest absolute Gasteiger partial charge is 0.0366 e. The van der Waals surface area contributed by atoms with Crippen LogP contribution in [0.4, 0.5) is 5.69 Å². The van der Waals surface area contributed by atoms with E-state index >= 15 is 0 Å². The summed E-state index contributed by atoms with van der Waals surface area (Å²) >= 11 is 2.05. The van der Waals surface area contributed by atoms with E-state index < -0.39 is 0 Å². The third kappa shape index (κ3) is 2.82. The van der Waals surface area contributed by atoms with E-state index in [1.807, 2.05) is 0 Å². The van der Waals surface area contributed by atoms with Gasteiger partial charge in [-0.05, 0) is 12.1 Å². The third-order valence-corrected chi connectivity index (χ3v) is 3.07. The van der Waals surface area contributed by atoms with E-state index in [1.54, 1.807) is 0 Å². The molecule has 13 heavy (non-hydrogen) atoms. The summed E-state index contributed by atoms with van der Waals surface area (Å²) in [6.07, 6.45) is 0. The monoisotopic (exact) mass is 215 g/mol. The van der Waals surface area contributed by atoms with Crippen molar-refractivity contribution in [2.75, 3.05) is 29.5 Å². The summed E-state index contributed by atoms with van der Waals surface area (Å²) in [6.45, 7) is 2.41. The van der Waals surface area contributed by atoms with Crippen LogP contribution in [0.15, 0.2) is 30.3 Å². The highest BCUT2D eigenvalue weighted by Gasteiger charge is 2.09. The molecule has 0 amide bonds. The Labute approximate surface area is 89.9 Å². The van der Waals surface area contributed by atoms with Crippen molar-refractivity contribution in [1.29, 1.82) is 0 Å². The largest absolute Gasteiger partial charge is 0.370 e. The fourth-order valence-corrected chi connectivity index (χ4v) is 2.36. The molecule has 1 aromatic carbocycles. The van der Waals surface area contributed by atoms with Gasteiger partial charge in [0.05, 0.1) is 0 Å². The molecule has 1 saturated heterocycles. The molecule has 1 aliphatic heterocycles. The summed E-state index contributed by atoms with van der Waals surface area (Å²) in [5.74, 6) is 2.55. The molecule has 1 aliphatic rings. The van der Waals surface area contributed by atoms with E-state index in [2.05, 4.69) is 47.0 Å². The van der Waals surface area contributed by atoms with Gasteiger partial charge < -0.3 is 4.90 Å². The molecule has 1 heterocycles. The molecule has 2 rings (SSSR count). The Morgan fingerprint density at radius 1 is 1.00 bits per heavy atom. The molecule has 0 bridgehead atoms. The molecule has 1 nitrogen and oxygen atoms in total. The van der Waals surface area contributed by atoms with Gasteiger partial charge in [0.25, 0.3) is 0 Å². The zero-order valence-electron chi connectivity index (χ0n) is 7.48. The van der Waals surface area contributed by atoms with Gasteiger partial charge in [-0.1, -0.05) is 18.2 Å². The van der Waals surface area contributed by atoms with Crippen LogP contribution in [0, 0.1) is 0 Å². The molecule has 0 spiro atoms. The lowest BCUT2D eigenvalue weighted by molar-refractivity contribution is 0.859. The van der Waals surface area contributed by atoms with E-state index in [4.69, 9.17) is 0 Å². The molecule has 0 aliphatic carbocycles. The number of hydrogen-bond acceptors (Lipinski definition) is 2. The Balaban J connectivity index is 0.000000845. The van der Waals surface area contributed by atoms with Crippen LogP contribution >= 0.6 is 24.2 Å². The number of benzene rings is 1. The highest BCUT2D eigenvalue weighted by Crippen LogP contribution is 2.18. The fraction of sp³-hybridized carbons (Fsp3) is 0.400. The molecule has 0 radical (unpaired) electrons. The normalized spacial score (nSPS) is 16.5. The van der Waals surface area contributed by atoms with Crippen LogP contribution in [0.3, 0.4) is 0 Å². The summed E-state index contributed by atoms with van der Waals surface area (Å²) < 4.78 is 0. The summed E-state index contributed by atoms with van der Waals surface area (Å²) in [7, 11) is 0. The first-order valence-corrected chi connectivity index (χ1v) is 5.50. The van der Waals surface area contributed by atoms with Crippen molar-refractivity contribution in [3.63, 3.8) is 0 Å². The summed E-state index contributed by atoms with van der Waals surface area (Å²) in [5, 5.41) is 0. The van der Waals surface area contributed by atoms with Crippen molar-refractivity contribution in [3.8, 4) is 0 Å². The molecule has 1 aromatic rings. The van der Waals surface area contributed by atoms with E-state index in [-0.39, 0.29) is 12.4 Å². The van der Waals surface area contributed by atoms with Crippen LogP contribution < -0.4 is 4.90 Å². The molecule has 72 valence electrons. The molecule has 0 N–H and O–H groups in total. The molecule has 3 heteroatoms. The minimum absolute atomic E-state index is 0. The molecule has 0 atom stereocenters. The van der Waals surface area contributed by atoms with E-state index in [0.717, 1.165) is 0 Å². The van der Waals surface area contributed by atoms with Gasteiger partial charge in [0.1, 0.15) is 0 Å². The van der Waals surface area contributed by atoms with Gasteiger partial charge in [-0.25, -0.2) is 0 Å². The van der Waals surface area contributed by atoms with Crippen LogP contribution in [0.1, 0.15) is 0 Å². The first-order valence-electron chi connectivity index (χ1n) is 4.34. The van der Waals surface area contributed by atoms with Crippen molar-refractivity contribution in [1.82, 2.24) is 0 Å². The Kier molecular flexibility index (Phi) is 4.46. The molecule has 1 fully saturated rings. The van der Waals surface area contributed by atoms with Crippen molar-refractivity contribution in [2.24, 2.45) is 0 Å². The standard InChI is InChI=1S/C10H13NS.ClH/c1-2-4-10(5-3-1)11-6-8-12-9-7-11;/h1-5H,6-9H2;1H. The lowest BCUT2D eigenvalue weighted by Crippen LogP contribution is -2.32. The Morgan fingerprint density at radius 2 is 1.62 bits per heavy atom. The van der Waals surface area contributed by atoms with Crippen LogP contribution in [-0.2, 0) is 0 Å². The van der Waals surface area contributed by atoms with Crippen molar-refractivity contribution in [3.05, 3.63) is 30.3 Å². The topological polar surface area (TPSA) is 3.24 Å². The lowest BCUT2D eigenvalue weighted by Gasteiger charge is -2.28. The van der Waals surface area contributed by atoms with Crippen LogP contribution in [-0.4, -0.2) is 24.6 Å². The third-order valence-electron chi connectivity index (χ3n) is 2.13. The van der Waals surface area contributed by atoms with E-state index in [9.17, 15) is 0 Å². The second kappa shape index (κ2) is 5.40. The van der Waals surface area contributed by atoms with Gasteiger partial charge in [0.2, 0.25) is 0 Å². The average Bonchev–Trinajstić information content (AvgIpc) is 2.21.